The molecule has 3 N–H and O–H groups in total. The van der Waals surface area contributed by atoms with Crippen molar-refractivity contribution in [3.8, 4) is 0 Å². The molecule has 0 radical (unpaired) electrons. The Balaban J connectivity index is 0.00000264. The number of benzene rings is 1. The highest BCUT2D eigenvalue weighted by atomic mass is 35.5. The zero-order chi connectivity index (χ0) is 16.1. The van der Waals surface area contributed by atoms with E-state index < -0.39 is 0 Å². The maximum Gasteiger partial charge on any atom is 0.321 e. The van der Waals surface area contributed by atoms with Crippen LogP contribution in [0, 0.1) is 0 Å². The summed E-state index contributed by atoms with van der Waals surface area (Å²) in [5.41, 5.74) is 1.16. The Hall–Kier alpha value is -1.79. The van der Waals surface area contributed by atoms with Gasteiger partial charge in [0, 0.05) is 37.4 Å². The second-order valence-corrected chi connectivity index (χ2v) is 5.87. The van der Waals surface area contributed by atoms with Gasteiger partial charge in [-0.25, -0.2) is 4.79 Å². The lowest BCUT2D eigenvalue weighted by Crippen LogP contribution is -2.51. The lowest BCUT2D eigenvalue weighted by molar-refractivity contribution is 0.0920. The first-order valence-corrected chi connectivity index (χ1v) is 7.60. The highest BCUT2D eigenvalue weighted by Gasteiger charge is 2.22. The topological polar surface area (TPSA) is 73.5 Å². The first-order valence-electron chi connectivity index (χ1n) is 7.60. The Morgan fingerprint density at radius 1 is 1.30 bits per heavy atom. The number of hydrogen-bond acceptors (Lipinski definition) is 3. The van der Waals surface area contributed by atoms with E-state index >= 15 is 0 Å². The van der Waals surface area contributed by atoms with Gasteiger partial charge in [0.1, 0.15) is 0 Å². The van der Waals surface area contributed by atoms with Crippen LogP contribution in [0.25, 0.3) is 0 Å². The number of hydrogen-bond donors (Lipinski definition) is 3. The van der Waals surface area contributed by atoms with Gasteiger partial charge < -0.3 is 20.9 Å². The van der Waals surface area contributed by atoms with E-state index in [9.17, 15) is 9.59 Å². The van der Waals surface area contributed by atoms with Gasteiger partial charge in [-0.15, -0.1) is 12.4 Å². The average molecular weight is 341 g/mol. The van der Waals surface area contributed by atoms with Crippen molar-refractivity contribution in [3.05, 3.63) is 29.8 Å². The van der Waals surface area contributed by atoms with Crippen molar-refractivity contribution >= 4 is 30.0 Å². The molecule has 2 unspecified atom stereocenters. The van der Waals surface area contributed by atoms with Crippen LogP contribution >= 0.6 is 12.4 Å². The Labute approximate surface area is 143 Å². The SMILES string of the molecule is CC1NCCCC1NC(=O)c1cccc(NC(=O)N(C)C)c1.Cl. The molecule has 2 atom stereocenters. The molecule has 1 aromatic rings. The number of piperidine rings is 1. The van der Waals surface area contributed by atoms with Crippen LogP contribution in [0.2, 0.25) is 0 Å². The molecule has 0 bridgehead atoms. The van der Waals surface area contributed by atoms with Crippen molar-refractivity contribution in [2.75, 3.05) is 26.0 Å². The average Bonchev–Trinajstić information content (AvgIpc) is 2.49. The summed E-state index contributed by atoms with van der Waals surface area (Å²) in [6, 6.07) is 7.17. The Morgan fingerprint density at radius 2 is 2.04 bits per heavy atom. The summed E-state index contributed by atoms with van der Waals surface area (Å²) in [5.74, 6) is -0.110. The van der Waals surface area contributed by atoms with Gasteiger partial charge in [-0.1, -0.05) is 6.07 Å². The largest absolute Gasteiger partial charge is 0.348 e. The van der Waals surface area contributed by atoms with Crippen molar-refractivity contribution in [3.63, 3.8) is 0 Å². The van der Waals surface area contributed by atoms with E-state index in [2.05, 4.69) is 22.9 Å². The number of carbonyl (C=O) groups is 2. The van der Waals surface area contributed by atoms with E-state index in [1.165, 1.54) is 4.90 Å². The molecule has 3 amide bonds. The van der Waals surface area contributed by atoms with E-state index in [1.54, 1.807) is 38.4 Å². The van der Waals surface area contributed by atoms with Gasteiger partial charge in [-0.3, -0.25) is 4.79 Å². The van der Waals surface area contributed by atoms with Gasteiger partial charge in [0.25, 0.3) is 5.91 Å². The number of anilines is 1. The van der Waals surface area contributed by atoms with Crippen LogP contribution in [-0.2, 0) is 0 Å². The molecule has 2 rings (SSSR count). The fraction of sp³-hybridized carbons (Fsp3) is 0.500. The highest BCUT2D eigenvalue weighted by Crippen LogP contribution is 2.13. The summed E-state index contributed by atoms with van der Waals surface area (Å²) in [7, 11) is 3.34. The Kier molecular flexibility index (Phi) is 7.32. The van der Waals surface area contributed by atoms with Crippen LogP contribution in [-0.4, -0.2) is 49.6 Å². The van der Waals surface area contributed by atoms with Crippen molar-refractivity contribution < 1.29 is 9.59 Å². The lowest BCUT2D eigenvalue weighted by atomic mass is 9.99. The third-order valence-electron chi connectivity index (χ3n) is 3.86. The monoisotopic (exact) mass is 340 g/mol. The minimum atomic E-state index is -0.220. The van der Waals surface area contributed by atoms with Crippen molar-refractivity contribution in [2.24, 2.45) is 0 Å². The summed E-state index contributed by atoms with van der Waals surface area (Å²) in [4.78, 5) is 25.5. The number of nitrogens with zero attached hydrogens (tertiary/aromatic N) is 1. The highest BCUT2D eigenvalue weighted by molar-refractivity contribution is 5.97. The van der Waals surface area contributed by atoms with Crippen LogP contribution < -0.4 is 16.0 Å². The minimum Gasteiger partial charge on any atom is -0.348 e. The zero-order valence-corrected chi connectivity index (χ0v) is 14.6. The quantitative estimate of drug-likeness (QED) is 0.788. The van der Waals surface area contributed by atoms with Crippen LogP contribution in [0.1, 0.15) is 30.1 Å². The van der Waals surface area contributed by atoms with Gasteiger partial charge in [0.15, 0.2) is 0 Å². The van der Waals surface area contributed by atoms with E-state index in [1.807, 2.05) is 0 Å². The van der Waals surface area contributed by atoms with E-state index in [0.29, 0.717) is 11.3 Å². The summed E-state index contributed by atoms with van der Waals surface area (Å²) in [6.07, 6.45) is 2.05. The summed E-state index contributed by atoms with van der Waals surface area (Å²) < 4.78 is 0. The molecule has 7 heteroatoms. The van der Waals surface area contributed by atoms with Gasteiger partial charge in [0.05, 0.1) is 0 Å². The van der Waals surface area contributed by atoms with Crippen LogP contribution in [0.4, 0.5) is 10.5 Å². The molecule has 6 nitrogen and oxygen atoms in total. The third-order valence-corrected chi connectivity index (χ3v) is 3.86. The molecule has 1 fully saturated rings. The van der Waals surface area contributed by atoms with E-state index in [-0.39, 0.29) is 36.4 Å². The predicted molar refractivity (Wildman–Crippen MR) is 94.3 cm³/mol. The Morgan fingerprint density at radius 3 is 2.70 bits per heavy atom. The minimum absolute atomic E-state index is 0. The maximum atomic E-state index is 12.4. The summed E-state index contributed by atoms with van der Waals surface area (Å²) in [5, 5.41) is 9.17. The molecule has 23 heavy (non-hydrogen) atoms. The van der Waals surface area contributed by atoms with Gasteiger partial charge in [-0.2, -0.15) is 0 Å². The molecule has 0 spiro atoms. The maximum absolute atomic E-state index is 12.4. The molecular weight excluding hydrogens is 316 g/mol. The van der Waals surface area contributed by atoms with Crippen molar-refractivity contribution in [2.45, 2.75) is 31.8 Å². The number of amides is 3. The Bertz CT molecular complexity index is 551. The molecule has 0 aliphatic carbocycles. The summed E-state index contributed by atoms with van der Waals surface area (Å²) in [6.45, 7) is 3.08. The fourth-order valence-electron chi connectivity index (χ4n) is 2.47. The third kappa shape index (κ3) is 5.41. The van der Waals surface area contributed by atoms with E-state index in [4.69, 9.17) is 0 Å². The van der Waals surface area contributed by atoms with Gasteiger partial charge in [0.2, 0.25) is 0 Å². The number of carbonyl (C=O) groups excluding carboxylic acids is 2. The standard InChI is InChI=1S/C16H24N4O2.ClH/c1-11-14(8-5-9-17-11)19-15(21)12-6-4-7-13(10-12)18-16(22)20(2)3;/h4,6-7,10-11,14,17H,5,8-9H2,1-3H3,(H,18,22)(H,19,21);1H. The molecule has 1 aromatic carbocycles. The van der Waals surface area contributed by atoms with Crippen LogP contribution in [0.3, 0.4) is 0 Å². The zero-order valence-electron chi connectivity index (χ0n) is 13.8. The second-order valence-electron chi connectivity index (χ2n) is 5.87. The van der Waals surface area contributed by atoms with Crippen molar-refractivity contribution in [1.29, 1.82) is 0 Å². The lowest BCUT2D eigenvalue weighted by Gasteiger charge is -2.30. The number of urea groups is 1. The number of nitrogens with one attached hydrogen (secondary N) is 3. The first-order chi connectivity index (χ1) is 10.5. The molecule has 1 aliphatic heterocycles. The van der Waals surface area contributed by atoms with Crippen molar-refractivity contribution in [1.82, 2.24) is 15.5 Å². The van der Waals surface area contributed by atoms with Crippen LogP contribution in [0.15, 0.2) is 24.3 Å². The molecule has 0 saturated carbocycles. The normalized spacial score (nSPS) is 20.1. The van der Waals surface area contributed by atoms with Crippen LogP contribution in [0.5, 0.6) is 0 Å². The summed E-state index contributed by atoms with van der Waals surface area (Å²) >= 11 is 0. The van der Waals surface area contributed by atoms with Gasteiger partial charge in [-0.05, 0) is 44.5 Å². The molecule has 1 aliphatic rings. The molecule has 1 heterocycles. The fourth-order valence-corrected chi connectivity index (χ4v) is 2.47. The number of rotatable bonds is 3. The van der Waals surface area contributed by atoms with E-state index in [0.717, 1.165) is 19.4 Å². The molecule has 0 aromatic heterocycles. The first kappa shape index (κ1) is 19.3. The molecular formula is C16H25ClN4O2. The smallest absolute Gasteiger partial charge is 0.321 e. The molecule has 128 valence electrons. The second kappa shape index (κ2) is 8.74. The predicted octanol–water partition coefficient (Wildman–Crippen LogP) is 2.07. The number of halogens is 1. The molecule has 1 saturated heterocycles. The van der Waals surface area contributed by atoms with Gasteiger partial charge >= 0.3 is 6.03 Å².